The summed E-state index contributed by atoms with van der Waals surface area (Å²) in [5, 5.41) is 21.7. The lowest BCUT2D eigenvalue weighted by molar-refractivity contribution is -0.154. The number of amides is 5. The zero-order valence-corrected chi connectivity index (χ0v) is 26.3. The van der Waals surface area contributed by atoms with E-state index in [4.69, 9.17) is 14.6 Å². The van der Waals surface area contributed by atoms with Gasteiger partial charge in [0, 0.05) is 32.4 Å². The fourth-order valence-corrected chi connectivity index (χ4v) is 3.50. The molecule has 0 bridgehead atoms. The van der Waals surface area contributed by atoms with Crippen LogP contribution >= 0.6 is 0 Å². The summed E-state index contributed by atoms with van der Waals surface area (Å²) >= 11 is 0. The number of ether oxygens (including phenoxy) is 2. The van der Waals surface area contributed by atoms with Gasteiger partial charge >= 0.3 is 18.0 Å². The number of carbonyl (C=O) groups excluding carboxylic acids is 6. The van der Waals surface area contributed by atoms with Crippen LogP contribution in [0.4, 0.5) is 4.79 Å². The van der Waals surface area contributed by atoms with Crippen molar-refractivity contribution < 1.29 is 48.1 Å². The van der Waals surface area contributed by atoms with Crippen molar-refractivity contribution in [3.8, 4) is 0 Å². The molecule has 246 valence electrons. The van der Waals surface area contributed by atoms with Gasteiger partial charge in [-0.3, -0.25) is 28.8 Å². The Morgan fingerprint density at radius 2 is 1.26 bits per heavy atom. The Bertz CT molecular complexity index is 972. The van der Waals surface area contributed by atoms with Crippen molar-refractivity contribution in [3.63, 3.8) is 0 Å². The lowest BCUT2D eigenvalue weighted by Crippen LogP contribution is -2.54. The number of rotatable bonds is 18. The summed E-state index contributed by atoms with van der Waals surface area (Å²) in [5.74, 6) is -4.39. The van der Waals surface area contributed by atoms with Crippen LogP contribution < -0.4 is 26.6 Å². The zero-order valence-electron chi connectivity index (χ0n) is 26.3. The molecular formula is C28H49N5O10. The Morgan fingerprint density at radius 3 is 1.81 bits per heavy atom. The number of hydrogen-bond donors (Lipinski definition) is 6. The predicted molar refractivity (Wildman–Crippen MR) is 156 cm³/mol. The molecule has 0 heterocycles. The second-order valence-corrected chi connectivity index (χ2v) is 11.8. The lowest BCUT2D eigenvalue weighted by Gasteiger charge is -2.24. The van der Waals surface area contributed by atoms with Gasteiger partial charge in [0.25, 0.3) is 0 Å². The molecule has 0 aliphatic rings. The SMILES string of the molecule is CCNC(=O)CCC(=O)NC(CCCCNC(=O)OC(C)(C)C)C(=O)NC(CCC(=O)O)C(=O)NCC(=O)OC(C)(C)C. The van der Waals surface area contributed by atoms with Crippen molar-refractivity contribution in [2.75, 3.05) is 19.6 Å². The molecule has 0 spiro atoms. The lowest BCUT2D eigenvalue weighted by atomic mass is 10.1. The number of hydrogen-bond acceptors (Lipinski definition) is 9. The Balaban J connectivity index is 5.43. The number of nitrogens with one attached hydrogen (secondary N) is 5. The van der Waals surface area contributed by atoms with Crippen LogP contribution in [0.3, 0.4) is 0 Å². The van der Waals surface area contributed by atoms with E-state index in [1.54, 1.807) is 48.5 Å². The average molecular weight is 616 g/mol. The van der Waals surface area contributed by atoms with Crippen molar-refractivity contribution in [1.82, 2.24) is 26.6 Å². The Hall–Kier alpha value is -3.91. The molecule has 0 aliphatic carbocycles. The molecular weight excluding hydrogens is 566 g/mol. The van der Waals surface area contributed by atoms with E-state index >= 15 is 0 Å². The van der Waals surface area contributed by atoms with Gasteiger partial charge in [-0.1, -0.05) is 0 Å². The normalized spacial score (nSPS) is 12.6. The Kier molecular flexibility index (Phi) is 17.6. The molecule has 0 fully saturated rings. The quantitative estimate of drug-likeness (QED) is 0.0945. The molecule has 15 heteroatoms. The van der Waals surface area contributed by atoms with Crippen LogP contribution in [0.15, 0.2) is 0 Å². The van der Waals surface area contributed by atoms with Crippen molar-refractivity contribution in [2.45, 2.75) is 117 Å². The third-order valence-electron chi connectivity index (χ3n) is 5.30. The molecule has 5 amide bonds. The smallest absolute Gasteiger partial charge is 0.407 e. The molecule has 0 saturated carbocycles. The minimum absolute atomic E-state index is 0.0951. The Morgan fingerprint density at radius 1 is 0.674 bits per heavy atom. The van der Waals surface area contributed by atoms with E-state index in [1.165, 1.54) is 0 Å². The van der Waals surface area contributed by atoms with Gasteiger partial charge in [0.05, 0.1) is 0 Å². The zero-order chi connectivity index (χ0) is 33.2. The van der Waals surface area contributed by atoms with Crippen LogP contribution in [0.2, 0.25) is 0 Å². The highest BCUT2D eigenvalue weighted by atomic mass is 16.6. The first-order valence-corrected chi connectivity index (χ1v) is 14.4. The highest BCUT2D eigenvalue weighted by molar-refractivity contribution is 5.93. The molecule has 0 aromatic rings. The molecule has 0 saturated heterocycles. The maximum absolute atomic E-state index is 13.2. The number of carboxylic acids is 1. The summed E-state index contributed by atoms with van der Waals surface area (Å²) in [6.07, 6.45) is -0.703. The maximum atomic E-state index is 13.2. The van der Waals surface area contributed by atoms with Gasteiger partial charge in [0.15, 0.2) is 0 Å². The van der Waals surface area contributed by atoms with E-state index in [9.17, 15) is 33.6 Å². The van der Waals surface area contributed by atoms with E-state index in [0.717, 1.165) is 0 Å². The summed E-state index contributed by atoms with van der Waals surface area (Å²) in [6, 6.07) is -2.45. The summed E-state index contributed by atoms with van der Waals surface area (Å²) in [6.45, 7) is 12.0. The molecule has 0 radical (unpaired) electrons. The molecule has 6 N–H and O–H groups in total. The molecule has 2 unspecified atom stereocenters. The number of aliphatic carboxylic acids is 1. The summed E-state index contributed by atoms with van der Waals surface area (Å²) in [4.78, 5) is 85.3. The van der Waals surface area contributed by atoms with Crippen LogP contribution in [0.1, 0.15) is 93.4 Å². The van der Waals surface area contributed by atoms with Gasteiger partial charge < -0.3 is 41.2 Å². The third-order valence-corrected chi connectivity index (χ3v) is 5.30. The molecule has 0 aromatic heterocycles. The first-order valence-electron chi connectivity index (χ1n) is 14.4. The van der Waals surface area contributed by atoms with E-state index in [-0.39, 0.29) is 38.1 Å². The van der Waals surface area contributed by atoms with Crippen LogP contribution in [0.25, 0.3) is 0 Å². The van der Waals surface area contributed by atoms with Gasteiger partial charge in [-0.05, 0) is 74.1 Å². The highest BCUT2D eigenvalue weighted by Gasteiger charge is 2.28. The molecule has 43 heavy (non-hydrogen) atoms. The van der Waals surface area contributed by atoms with Gasteiger partial charge in [0.1, 0.15) is 29.8 Å². The maximum Gasteiger partial charge on any atom is 0.407 e. The third kappa shape index (κ3) is 21.5. The second-order valence-electron chi connectivity index (χ2n) is 11.8. The topological polar surface area (TPSA) is 218 Å². The molecule has 15 nitrogen and oxygen atoms in total. The minimum Gasteiger partial charge on any atom is -0.481 e. The van der Waals surface area contributed by atoms with E-state index < -0.39 is 72.0 Å². The van der Waals surface area contributed by atoms with Crippen LogP contribution in [-0.2, 0) is 38.2 Å². The second kappa shape index (κ2) is 19.3. The van der Waals surface area contributed by atoms with Gasteiger partial charge in [-0.2, -0.15) is 0 Å². The summed E-state index contributed by atoms with van der Waals surface area (Å²) in [5.41, 5.74) is -1.45. The standard InChI is InChI=1S/C28H49N5O10/c1-8-29-20(34)13-14-21(35)32-18(11-9-10-16-30-26(41)43-28(5,6)7)25(40)33-19(12-15-22(36)37)24(39)31-17-23(38)42-27(2,3)4/h18-19H,8-17H2,1-7H3,(H,29,34)(H,30,41)(H,31,39)(H,32,35)(H,33,40)(H,36,37). The van der Waals surface area contributed by atoms with E-state index in [0.29, 0.717) is 19.4 Å². The van der Waals surface area contributed by atoms with Crippen LogP contribution in [0.5, 0.6) is 0 Å². The van der Waals surface area contributed by atoms with Crippen molar-refractivity contribution in [2.24, 2.45) is 0 Å². The fourth-order valence-electron chi connectivity index (χ4n) is 3.50. The number of carboxylic acid groups (broad SMARTS) is 1. The summed E-state index contributed by atoms with van der Waals surface area (Å²) in [7, 11) is 0. The number of unbranched alkanes of at least 4 members (excludes halogenated alkanes) is 1. The molecule has 2 atom stereocenters. The van der Waals surface area contributed by atoms with Gasteiger partial charge in [-0.15, -0.1) is 0 Å². The van der Waals surface area contributed by atoms with Gasteiger partial charge in [0.2, 0.25) is 23.6 Å². The number of carbonyl (C=O) groups is 7. The molecule has 0 rings (SSSR count). The van der Waals surface area contributed by atoms with Crippen molar-refractivity contribution >= 4 is 41.7 Å². The van der Waals surface area contributed by atoms with Crippen molar-refractivity contribution in [3.05, 3.63) is 0 Å². The highest BCUT2D eigenvalue weighted by Crippen LogP contribution is 2.09. The van der Waals surface area contributed by atoms with Crippen molar-refractivity contribution in [1.29, 1.82) is 0 Å². The van der Waals surface area contributed by atoms with Crippen LogP contribution in [0, 0.1) is 0 Å². The average Bonchev–Trinajstić information content (AvgIpc) is 2.85. The van der Waals surface area contributed by atoms with E-state index in [2.05, 4.69) is 26.6 Å². The van der Waals surface area contributed by atoms with Gasteiger partial charge in [-0.25, -0.2) is 4.79 Å². The van der Waals surface area contributed by atoms with E-state index in [1.807, 2.05) is 0 Å². The monoisotopic (exact) mass is 615 g/mol. The first kappa shape index (κ1) is 39.1. The predicted octanol–water partition coefficient (Wildman–Crippen LogP) is 0.890. The van der Waals surface area contributed by atoms with Crippen LogP contribution in [-0.4, -0.2) is 89.7 Å². The largest absolute Gasteiger partial charge is 0.481 e. The number of alkyl carbamates (subject to hydrolysis) is 1. The molecule has 0 aliphatic heterocycles. The fraction of sp³-hybridized carbons (Fsp3) is 0.750. The Labute approximate surface area is 252 Å². The first-order chi connectivity index (χ1) is 19.8. The number of esters is 1. The minimum atomic E-state index is -1.32. The summed E-state index contributed by atoms with van der Waals surface area (Å²) < 4.78 is 10.3. The molecule has 0 aromatic carbocycles.